The smallest absolute Gasteiger partial charge is 0.345 e. The van der Waals surface area contributed by atoms with Crippen LogP contribution in [0.25, 0.3) is 0 Å². The number of hydrogen-bond acceptors (Lipinski definition) is 4. The number of carboxylic acid groups (broad SMARTS) is 1. The van der Waals surface area contributed by atoms with Crippen LogP contribution in [0.1, 0.15) is 16.8 Å². The molecule has 1 N–H and O–H groups in total. The van der Waals surface area contributed by atoms with Gasteiger partial charge in [0.2, 0.25) is 0 Å². The normalized spacial score (nSPS) is 28.9. The molecule has 2 aliphatic heterocycles. The zero-order chi connectivity index (χ0) is 15.4. The summed E-state index contributed by atoms with van der Waals surface area (Å²) in [5.74, 6) is -0.478. The third-order valence-corrected chi connectivity index (χ3v) is 4.78. The van der Waals surface area contributed by atoms with Crippen LogP contribution in [0.3, 0.4) is 0 Å². The summed E-state index contributed by atoms with van der Waals surface area (Å²) in [5.41, 5.74) is 1.28. The van der Waals surface area contributed by atoms with Gasteiger partial charge in [0.1, 0.15) is 17.6 Å². The minimum atomic E-state index is -1.02. The number of carbonyl (C=O) groups is 2. The second-order valence-electron chi connectivity index (χ2n) is 5.44. The number of Topliss-reactive ketones (excluding diaryl/α,β-unsaturated/α-hetero) is 1. The largest absolute Gasteiger partial charge is 0.484 e. The summed E-state index contributed by atoms with van der Waals surface area (Å²) in [6, 6.07) is 7.10. The first-order chi connectivity index (χ1) is 10.6. The molecule has 0 spiro atoms. The van der Waals surface area contributed by atoms with E-state index in [-0.39, 0.29) is 12.2 Å². The van der Waals surface area contributed by atoms with Crippen molar-refractivity contribution in [2.24, 2.45) is 5.92 Å². The highest BCUT2D eigenvalue weighted by atomic mass is 79.9. The van der Waals surface area contributed by atoms with Crippen molar-refractivity contribution in [3.8, 4) is 5.75 Å². The van der Waals surface area contributed by atoms with Gasteiger partial charge in [0.25, 0.3) is 0 Å². The van der Waals surface area contributed by atoms with E-state index in [0.29, 0.717) is 21.6 Å². The van der Waals surface area contributed by atoms with Crippen LogP contribution < -0.4 is 4.74 Å². The minimum absolute atomic E-state index is 0.0193. The highest BCUT2D eigenvalue weighted by Crippen LogP contribution is 2.46. The Morgan fingerprint density at radius 1 is 1.27 bits per heavy atom. The van der Waals surface area contributed by atoms with E-state index in [1.165, 1.54) is 0 Å². The number of allylic oxidation sites excluding steroid dienone is 1. The van der Waals surface area contributed by atoms with E-state index >= 15 is 0 Å². The number of rotatable bonds is 1. The van der Waals surface area contributed by atoms with Gasteiger partial charge in [-0.25, -0.2) is 4.79 Å². The molecule has 1 aromatic rings. The monoisotopic (exact) mass is 362 g/mol. The number of para-hydroxylation sites is 1. The number of fused-ring (bicyclic) bond motifs is 3. The molecular weight excluding hydrogens is 352 g/mol. The van der Waals surface area contributed by atoms with Gasteiger partial charge in [-0.1, -0.05) is 18.2 Å². The standard InChI is InChI=1S/C16H11BrO5/c17-10-5-8-13(18)7-3-1-2-4-11(7)21-14(8)9-6-12(16(19)20)22-15(9)10/h1-5,8,12,14H,6H2,(H,19,20). The molecule has 1 aromatic carbocycles. The van der Waals surface area contributed by atoms with Crippen molar-refractivity contribution in [2.45, 2.75) is 18.6 Å². The quantitative estimate of drug-likeness (QED) is 0.831. The number of halogens is 1. The van der Waals surface area contributed by atoms with E-state index in [0.717, 1.165) is 5.57 Å². The molecule has 3 unspecified atom stereocenters. The summed E-state index contributed by atoms with van der Waals surface area (Å²) in [4.78, 5) is 23.9. The van der Waals surface area contributed by atoms with E-state index in [2.05, 4.69) is 15.9 Å². The average Bonchev–Trinajstić information content (AvgIpc) is 2.95. The topological polar surface area (TPSA) is 72.8 Å². The molecule has 0 fully saturated rings. The van der Waals surface area contributed by atoms with Gasteiger partial charge in [-0.3, -0.25) is 4.79 Å². The number of hydrogen-bond donors (Lipinski definition) is 1. The fourth-order valence-electron chi connectivity index (χ4n) is 3.13. The first kappa shape index (κ1) is 13.6. The Labute approximate surface area is 134 Å². The van der Waals surface area contributed by atoms with Crippen LogP contribution in [0.15, 0.2) is 46.2 Å². The predicted molar refractivity (Wildman–Crippen MR) is 79.8 cm³/mol. The average molecular weight is 363 g/mol. The Morgan fingerprint density at radius 2 is 2.05 bits per heavy atom. The fraction of sp³-hybridized carbons (Fsp3) is 0.250. The molecule has 5 nitrogen and oxygen atoms in total. The summed E-state index contributed by atoms with van der Waals surface area (Å²) in [6.45, 7) is 0. The van der Waals surface area contributed by atoms with Gasteiger partial charge in [-0.05, 0) is 28.1 Å². The van der Waals surface area contributed by atoms with Gasteiger partial charge in [0.05, 0.1) is 16.0 Å². The second-order valence-corrected chi connectivity index (χ2v) is 6.30. The Bertz CT molecular complexity index is 764. The molecule has 0 radical (unpaired) electrons. The fourth-order valence-corrected chi connectivity index (χ4v) is 3.76. The Kier molecular flexibility index (Phi) is 2.91. The van der Waals surface area contributed by atoms with Gasteiger partial charge < -0.3 is 14.6 Å². The maximum absolute atomic E-state index is 12.7. The number of carbonyl (C=O) groups excluding carboxylic acids is 1. The summed E-state index contributed by atoms with van der Waals surface area (Å²) in [6.07, 6.45) is 0.541. The lowest BCUT2D eigenvalue weighted by atomic mass is 9.81. The number of ketones is 1. The van der Waals surface area contributed by atoms with E-state index in [1.54, 1.807) is 24.3 Å². The van der Waals surface area contributed by atoms with Crippen molar-refractivity contribution >= 4 is 27.7 Å². The van der Waals surface area contributed by atoms with Gasteiger partial charge >= 0.3 is 5.97 Å². The third-order valence-electron chi connectivity index (χ3n) is 4.15. The van der Waals surface area contributed by atoms with Crippen LogP contribution in [0.5, 0.6) is 5.75 Å². The van der Waals surface area contributed by atoms with Crippen molar-refractivity contribution in [3.05, 3.63) is 51.7 Å². The molecule has 3 atom stereocenters. The summed E-state index contributed by atoms with van der Waals surface area (Å²) in [5, 5.41) is 9.16. The first-order valence-electron chi connectivity index (χ1n) is 6.86. The Hall–Kier alpha value is -2.08. The van der Waals surface area contributed by atoms with Crippen molar-refractivity contribution in [1.82, 2.24) is 0 Å². The summed E-state index contributed by atoms with van der Waals surface area (Å²) >= 11 is 3.38. The summed E-state index contributed by atoms with van der Waals surface area (Å²) < 4.78 is 12.1. The van der Waals surface area contributed by atoms with Crippen LogP contribution in [0.2, 0.25) is 0 Å². The minimum Gasteiger partial charge on any atom is -0.484 e. The number of benzene rings is 1. The van der Waals surface area contributed by atoms with E-state index in [1.807, 2.05) is 6.07 Å². The lowest BCUT2D eigenvalue weighted by molar-refractivity contribution is -0.146. The van der Waals surface area contributed by atoms with E-state index in [9.17, 15) is 9.59 Å². The molecule has 3 aliphatic rings. The number of carboxylic acids is 1. The molecule has 2 heterocycles. The van der Waals surface area contributed by atoms with E-state index in [4.69, 9.17) is 14.6 Å². The van der Waals surface area contributed by atoms with E-state index < -0.39 is 24.1 Å². The number of ether oxygens (including phenoxy) is 2. The van der Waals surface area contributed by atoms with Crippen molar-refractivity contribution in [2.75, 3.05) is 0 Å². The van der Waals surface area contributed by atoms with Gasteiger partial charge in [-0.2, -0.15) is 0 Å². The molecule has 0 bridgehead atoms. The van der Waals surface area contributed by atoms with Crippen molar-refractivity contribution in [3.63, 3.8) is 0 Å². The first-order valence-corrected chi connectivity index (χ1v) is 7.65. The Balaban J connectivity index is 1.77. The van der Waals surface area contributed by atoms with Crippen LogP contribution >= 0.6 is 15.9 Å². The molecule has 0 amide bonds. The second kappa shape index (κ2) is 4.71. The zero-order valence-corrected chi connectivity index (χ0v) is 12.9. The zero-order valence-electron chi connectivity index (χ0n) is 11.3. The van der Waals surface area contributed by atoms with Crippen LogP contribution in [0.4, 0.5) is 0 Å². The van der Waals surface area contributed by atoms with Crippen molar-refractivity contribution < 1.29 is 24.2 Å². The molecule has 22 heavy (non-hydrogen) atoms. The molecule has 6 heteroatoms. The molecule has 0 saturated carbocycles. The SMILES string of the molecule is O=C(O)C1CC2=C(O1)C(Br)=CC1C(=O)c3ccccc3OC21. The molecular formula is C16H11BrO5. The lowest BCUT2D eigenvalue weighted by Gasteiger charge is -2.34. The van der Waals surface area contributed by atoms with Gasteiger partial charge in [-0.15, -0.1) is 0 Å². The maximum atomic E-state index is 12.7. The number of aliphatic carboxylic acids is 1. The van der Waals surface area contributed by atoms with Crippen LogP contribution in [-0.4, -0.2) is 29.1 Å². The van der Waals surface area contributed by atoms with Crippen LogP contribution in [0, 0.1) is 5.92 Å². The highest BCUT2D eigenvalue weighted by molar-refractivity contribution is 9.12. The third kappa shape index (κ3) is 1.83. The molecule has 112 valence electrons. The molecule has 0 aromatic heterocycles. The molecule has 0 saturated heterocycles. The van der Waals surface area contributed by atoms with Gasteiger partial charge in [0.15, 0.2) is 11.9 Å². The van der Waals surface area contributed by atoms with Gasteiger partial charge in [0, 0.05) is 12.0 Å². The highest BCUT2D eigenvalue weighted by Gasteiger charge is 2.47. The maximum Gasteiger partial charge on any atom is 0.345 e. The van der Waals surface area contributed by atoms with Crippen LogP contribution in [-0.2, 0) is 9.53 Å². The Morgan fingerprint density at radius 3 is 2.82 bits per heavy atom. The molecule has 1 aliphatic carbocycles. The summed E-state index contributed by atoms with van der Waals surface area (Å²) in [7, 11) is 0. The molecule has 4 rings (SSSR count). The predicted octanol–water partition coefficient (Wildman–Crippen LogP) is 2.67. The lowest BCUT2D eigenvalue weighted by Crippen LogP contribution is -2.40. The van der Waals surface area contributed by atoms with Crippen molar-refractivity contribution in [1.29, 1.82) is 0 Å².